The van der Waals surface area contributed by atoms with Crippen LogP contribution in [0.15, 0.2) is 41.6 Å². The SMILES string of the molecule is NCc1cccc(NS(=O)(=O)c2ccn[nH]2)c1. The number of nitrogens with two attached hydrogens (primary N) is 1. The summed E-state index contributed by atoms with van der Waals surface area (Å²) < 4.78 is 26.1. The molecule has 2 aromatic rings. The van der Waals surface area contributed by atoms with Crippen molar-refractivity contribution in [2.24, 2.45) is 5.73 Å². The molecule has 7 heteroatoms. The van der Waals surface area contributed by atoms with Crippen LogP contribution in [0.2, 0.25) is 0 Å². The van der Waals surface area contributed by atoms with Crippen LogP contribution in [0, 0.1) is 0 Å². The van der Waals surface area contributed by atoms with E-state index in [2.05, 4.69) is 14.9 Å². The van der Waals surface area contributed by atoms with Crippen molar-refractivity contribution in [1.82, 2.24) is 10.2 Å². The molecule has 0 unspecified atom stereocenters. The fourth-order valence-corrected chi connectivity index (χ4v) is 2.32. The standard InChI is InChI=1S/C10H12N4O2S/c11-7-8-2-1-3-9(6-8)14-17(15,16)10-4-5-12-13-10/h1-6,14H,7,11H2,(H,12,13). The van der Waals surface area contributed by atoms with Gasteiger partial charge in [0.1, 0.15) is 0 Å². The number of hydrogen-bond donors (Lipinski definition) is 3. The summed E-state index contributed by atoms with van der Waals surface area (Å²) in [6, 6.07) is 8.30. The molecule has 0 saturated heterocycles. The summed E-state index contributed by atoms with van der Waals surface area (Å²) in [5.41, 5.74) is 6.81. The van der Waals surface area contributed by atoms with Crippen molar-refractivity contribution in [3.8, 4) is 0 Å². The highest BCUT2D eigenvalue weighted by molar-refractivity contribution is 7.92. The van der Waals surface area contributed by atoms with Gasteiger partial charge in [0, 0.05) is 12.2 Å². The molecule has 1 aromatic heterocycles. The molecule has 17 heavy (non-hydrogen) atoms. The van der Waals surface area contributed by atoms with Gasteiger partial charge in [-0.1, -0.05) is 12.1 Å². The van der Waals surface area contributed by atoms with E-state index in [1.54, 1.807) is 18.2 Å². The van der Waals surface area contributed by atoms with E-state index >= 15 is 0 Å². The van der Waals surface area contributed by atoms with Gasteiger partial charge in [-0.2, -0.15) is 13.5 Å². The van der Waals surface area contributed by atoms with Gasteiger partial charge in [0.15, 0.2) is 5.03 Å². The highest BCUT2D eigenvalue weighted by Gasteiger charge is 2.15. The molecule has 0 amide bonds. The molecule has 2 rings (SSSR count). The molecule has 0 bridgehead atoms. The summed E-state index contributed by atoms with van der Waals surface area (Å²) >= 11 is 0. The second-order valence-corrected chi connectivity index (χ2v) is 5.08. The van der Waals surface area contributed by atoms with Crippen LogP contribution in [-0.4, -0.2) is 18.6 Å². The third-order valence-electron chi connectivity index (χ3n) is 2.18. The fourth-order valence-electron chi connectivity index (χ4n) is 1.36. The van der Waals surface area contributed by atoms with Gasteiger partial charge in [0.2, 0.25) is 0 Å². The van der Waals surface area contributed by atoms with E-state index in [1.165, 1.54) is 12.3 Å². The maximum atomic E-state index is 11.8. The van der Waals surface area contributed by atoms with Crippen molar-refractivity contribution in [3.05, 3.63) is 42.1 Å². The second kappa shape index (κ2) is 4.56. The van der Waals surface area contributed by atoms with Crippen molar-refractivity contribution in [2.45, 2.75) is 11.6 Å². The fraction of sp³-hybridized carbons (Fsp3) is 0.100. The van der Waals surface area contributed by atoms with Gasteiger partial charge < -0.3 is 5.73 Å². The lowest BCUT2D eigenvalue weighted by Gasteiger charge is -2.07. The zero-order valence-corrected chi connectivity index (χ0v) is 9.74. The van der Waals surface area contributed by atoms with E-state index in [4.69, 9.17) is 5.73 Å². The molecule has 0 fully saturated rings. The first-order valence-electron chi connectivity index (χ1n) is 4.93. The van der Waals surface area contributed by atoms with Gasteiger partial charge in [-0.3, -0.25) is 9.82 Å². The average Bonchev–Trinajstić information content (AvgIpc) is 2.83. The first-order valence-corrected chi connectivity index (χ1v) is 6.41. The molecule has 0 aliphatic rings. The molecule has 0 atom stereocenters. The molecule has 90 valence electrons. The van der Waals surface area contributed by atoms with E-state index in [0.717, 1.165) is 5.56 Å². The van der Waals surface area contributed by atoms with Gasteiger partial charge >= 0.3 is 0 Å². The largest absolute Gasteiger partial charge is 0.326 e. The number of nitrogens with zero attached hydrogens (tertiary/aromatic N) is 1. The molecular weight excluding hydrogens is 240 g/mol. The highest BCUT2D eigenvalue weighted by atomic mass is 32.2. The van der Waals surface area contributed by atoms with Crippen molar-refractivity contribution in [2.75, 3.05) is 4.72 Å². The second-order valence-electron chi connectivity index (χ2n) is 3.43. The van der Waals surface area contributed by atoms with Crippen LogP contribution in [0.3, 0.4) is 0 Å². The predicted octanol–water partition coefficient (Wildman–Crippen LogP) is 0.669. The third kappa shape index (κ3) is 2.63. The summed E-state index contributed by atoms with van der Waals surface area (Å²) in [5, 5.41) is 6.02. The molecule has 1 heterocycles. The van der Waals surface area contributed by atoms with E-state index in [-0.39, 0.29) is 5.03 Å². The number of nitrogens with one attached hydrogen (secondary N) is 2. The van der Waals surface area contributed by atoms with Crippen LogP contribution >= 0.6 is 0 Å². The number of aromatic nitrogens is 2. The quantitative estimate of drug-likeness (QED) is 0.744. The lowest BCUT2D eigenvalue weighted by Crippen LogP contribution is -2.13. The predicted molar refractivity (Wildman–Crippen MR) is 63.7 cm³/mol. The zero-order valence-electron chi connectivity index (χ0n) is 8.92. The Morgan fingerprint density at radius 2 is 2.18 bits per heavy atom. The first kappa shape index (κ1) is 11.6. The number of hydrogen-bond acceptors (Lipinski definition) is 4. The van der Waals surface area contributed by atoms with E-state index in [0.29, 0.717) is 12.2 Å². The molecule has 6 nitrogen and oxygen atoms in total. The molecule has 1 aromatic carbocycles. The Balaban J connectivity index is 2.26. The van der Waals surface area contributed by atoms with Gasteiger partial charge in [-0.15, -0.1) is 0 Å². The molecule has 0 radical (unpaired) electrons. The van der Waals surface area contributed by atoms with E-state index in [1.807, 2.05) is 6.07 Å². The van der Waals surface area contributed by atoms with Crippen molar-refractivity contribution in [1.29, 1.82) is 0 Å². The molecule has 4 N–H and O–H groups in total. The Morgan fingerprint density at radius 1 is 1.35 bits per heavy atom. The van der Waals surface area contributed by atoms with Crippen molar-refractivity contribution in [3.63, 3.8) is 0 Å². The third-order valence-corrected chi connectivity index (χ3v) is 3.49. The van der Waals surface area contributed by atoms with E-state index in [9.17, 15) is 8.42 Å². The number of H-pyrrole nitrogens is 1. The number of sulfonamides is 1. The highest BCUT2D eigenvalue weighted by Crippen LogP contribution is 2.15. The topological polar surface area (TPSA) is 101 Å². The number of anilines is 1. The maximum Gasteiger partial charge on any atom is 0.278 e. The summed E-state index contributed by atoms with van der Waals surface area (Å²) in [7, 11) is -3.60. The van der Waals surface area contributed by atoms with Crippen molar-refractivity contribution >= 4 is 15.7 Å². The molecule has 0 aliphatic carbocycles. The normalized spacial score (nSPS) is 11.4. The van der Waals surface area contributed by atoms with E-state index < -0.39 is 10.0 Å². The lowest BCUT2D eigenvalue weighted by molar-refractivity contribution is 0.597. The van der Waals surface area contributed by atoms with Crippen LogP contribution in [0.25, 0.3) is 0 Å². The molecule has 0 saturated carbocycles. The van der Waals surface area contributed by atoms with Gasteiger partial charge in [-0.25, -0.2) is 0 Å². The Morgan fingerprint density at radius 3 is 2.82 bits per heavy atom. The molecule has 0 spiro atoms. The van der Waals surface area contributed by atoms with Crippen LogP contribution in [0.5, 0.6) is 0 Å². The van der Waals surface area contributed by atoms with Gasteiger partial charge in [0.05, 0.1) is 6.20 Å². The number of aromatic amines is 1. The van der Waals surface area contributed by atoms with Crippen LogP contribution in [0.1, 0.15) is 5.56 Å². The molecule has 0 aliphatic heterocycles. The number of rotatable bonds is 4. The summed E-state index contributed by atoms with van der Waals surface area (Å²) in [6.45, 7) is 0.361. The summed E-state index contributed by atoms with van der Waals surface area (Å²) in [4.78, 5) is 0. The van der Waals surface area contributed by atoms with Crippen molar-refractivity contribution < 1.29 is 8.42 Å². The Labute approximate surface area is 98.9 Å². The lowest BCUT2D eigenvalue weighted by atomic mass is 10.2. The maximum absolute atomic E-state index is 11.8. The minimum absolute atomic E-state index is 0.0238. The van der Waals surface area contributed by atoms with Gasteiger partial charge in [-0.05, 0) is 23.8 Å². The minimum atomic E-state index is -3.60. The average molecular weight is 252 g/mol. The number of benzene rings is 1. The van der Waals surface area contributed by atoms with Crippen LogP contribution in [-0.2, 0) is 16.6 Å². The zero-order chi connectivity index (χ0) is 12.3. The first-order chi connectivity index (χ1) is 8.12. The minimum Gasteiger partial charge on any atom is -0.326 e. The Kier molecular flexibility index (Phi) is 3.12. The van der Waals surface area contributed by atoms with Crippen LogP contribution < -0.4 is 10.5 Å². The summed E-state index contributed by atoms with van der Waals surface area (Å²) in [5.74, 6) is 0. The Hall–Kier alpha value is -1.86. The summed E-state index contributed by atoms with van der Waals surface area (Å²) in [6.07, 6.45) is 1.38. The monoisotopic (exact) mass is 252 g/mol. The van der Waals surface area contributed by atoms with Gasteiger partial charge in [0.25, 0.3) is 10.0 Å². The molecular formula is C10H12N4O2S. The Bertz CT molecular complexity index is 593. The smallest absolute Gasteiger partial charge is 0.278 e. The van der Waals surface area contributed by atoms with Crippen LogP contribution in [0.4, 0.5) is 5.69 Å².